The van der Waals surface area contributed by atoms with Crippen molar-refractivity contribution < 1.29 is 14.3 Å². The van der Waals surface area contributed by atoms with Crippen LogP contribution in [0.25, 0.3) is 0 Å². The Balaban J connectivity index is 0.00000225. The Hall–Kier alpha value is -2.28. The number of carbonyl (C=O) groups is 1. The second kappa shape index (κ2) is 8.82. The van der Waals surface area contributed by atoms with Crippen LogP contribution in [-0.2, 0) is 4.79 Å². The molecule has 28 heavy (non-hydrogen) atoms. The molecule has 2 aliphatic rings. The van der Waals surface area contributed by atoms with Gasteiger partial charge >= 0.3 is 0 Å². The maximum Gasteiger partial charge on any atom is 0.241 e. The fourth-order valence-electron chi connectivity index (χ4n) is 3.76. The Bertz CT molecular complexity index is 818. The zero-order valence-electron chi connectivity index (χ0n) is 15.8. The molecule has 7 heteroatoms. The standard InChI is InChI=1S/C21H25N3O3.ClH/c1-14(24-12-17(18(22)13-24)15-5-3-2-4-6-15)21(25)23-16-7-8-19-20(11-16)27-10-9-26-19;/h2-8,11,14,17-18H,9-10,12-13,22H2,1H3,(H,23,25);1H/t14?,17-,18+;/m0./s1. The fourth-order valence-corrected chi connectivity index (χ4v) is 3.76. The van der Waals surface area contributed by atoms with Crippen LogP contribution in [0.5, 0.6) is 11.5 Å². The van der Waals surface area contributed by atoms with Gasteiger partial charge in [0, 0.05) is 36.8 Å². The first-order chi connectivity index (χ1) is 13.1. The number of carbonyl (C=O) groups excluding carboxylic acids is 1. The molecule has 0 bridgehead atoms. The van der Waals surface area contributed by atoms with Crippen molar-refractivity contribution in [2.75, 3.05) is 31.6 Å². The van der Waals surface area contributed by atoms with Gasteiger partial charge in [-0.05, 0) is 24.6 Å². The molecule has 0 spiro atoms. The number of amides is 1. The molecule has 1 amide bonds. The molecule has 0 aromatic heterocycles. The van der Waals surface area contributed by atoms with Crippen LogP contribution in [-0.4, -0.2) is 49.2 Å². The van der Waals surface area contributed by atoms with Crippen LogP contribution in [0.2, 0.25) is 0 Å². The minimum atomic E-state index is -0.266. The number of hydrogen-bond acceptors (Lipinski definition) is 5. The lowest BCUT2D eigenvalue weighted by molar-refractivity contribution is -0.120. The summed E-state index contributed by atoms with van der Waals surface area (Å²) < 4.78 is 11.1. The lowest BCUT2D eigenvalue weighted by Crippen LogP contribution is -2.41. The molecule has 150 valence electrons. The minimum absolute atomic E-state index is 0. The summed E-state index contributed by atoms with van der Waals surface area (Å²) in [6, 6.07) is 15.5. The van der Waals surface area contributed by atoms with E-state index in [2.05, 4.69) is 22.3 Å². The van der Waals surface area contributed by atoms with Crippen molar-refractivity contribution in [2.24, 2.45) is 5.73 Å². The monoisotopic (exact) mass is 403 g/mol. The van der Waals surface area contributed by atoms with Crippen molar-refractivity contribution in [2.45, 2.75) is 24.9 Å². The van der Waals surface area contributed by atoms with E-state index in [1.807, 2.05) is 43.3 Å². The molecule has 2 heterocycles. The van der Waals surface area contributed by atoms with Gasteiger partial charge in [0.2, 0.25) is 5.91 Å². The fraction of sp³-hybridized carbons (Fsp3) is 0.381. The van der Waals surface area contributed by atoms with Crippen LogP contribution in [0.1, 0.15) is 18.4 Å². The van der Waals surface area contributed by atoms with E-state index in [0.29, 0.717) is 36.9 Å². The van der Waals surface area contributed by atoms with E-state index >= 15 is 0 Å². The Kier molecular flexibility index (Phi) is 6.44. The summed E-state index contributed by atoms with van der Waals surface area (Å²) in [5.74, 6) is 1.57. The van der Waals surface area contributed by atoms with Gasteiger partial charge in [0.15, 0.2) is 11.5 Å². The highest BCUT2D eigenvalue weighted by Crippen LogP contribution is 2.33. The number of rotatable bonds is 4. The van der Waals surface area contributed by atoms with Crippen LogP contribution < -0.4 is 20.5 Å². The van der Waals surface area contributed by atoms with Crippen molar-refractivity contribution in [3.8, 4) is 11.5 Å². The summed E-state index contributed by atoms with van der Waals surface area (Å²) in [4.78, 5) is 14.9. The predicted molar refractivity (Wildman–Crippen MR) is 112 cm³/mol. The number of fused-ring (bicyclic) bond motifs is 1. The molecular formula is C21H26ClN3O3. The van der Waals surface area contributed by atoms with E-state index in [0.717, 1.165) is 6.54 Å². The SMILES string of the molecule is CC(C(=O)Nc1ccc2c(c1)OCCO2)N1C[C@@H](N)[C@H](c2ccccc2)C1.Cl. The number of nitrogens with two attached hydrogens (primary N) is 1. The highest BCUT2D eigenvalue weighted by Gasteiger charge is 2.35. The molecule has 0 radical (unpaired) electrons. The number of ether oxygens (including phenoxy) is 2. The summed E-state index contributed by atoms with van der Waals surface area (Å²) in [5.41, 5.74) is 8.30. The van der Waals surface area contributed by atoms with Crippen LogP contribution in [0.3, 0.4) is 0 Å². The minimum Gasteiger partial charge on any atom is -0.486 e. The Morgan fingerprint density at radius 3 is 2.57 bits per heavy atom. The van der Waals surface area contributed by atoms with E-state index in [4.69, 9.17) is 15.2 Å². The summed E-state index contributed by atoms with van der Waals surface area (Å²) in [7, 11) is 0. The van der Waals surface area contributed by atoms with E-state index in [1.54, 1.807) is 0 Å². The Morgan fingerprint density at radius 1 is 1.11 bits per heavy atom. The maximum absolute atomic E-state index is 12.8. The largest absolute Gasteiger partial charge is 0.486 e. The average Bonchev–Trinajstić information content (AvgIpc) is 3.09. The summed E-state index contributed by atoms with van der Waals surface area (Å²) in [6.45, 7) is 4.48. The Labute approximate surface area is 171 Å². The highest BCUT2D eigenvalue weighted by atomic mass is 35.5. The second-order valence-corrected chi connectivity index (χ2v) is 7.16. The molecule has 2 aromatic carbocycles. The third-order valence-corrected chi connectivity index (χ3v) is 5.36. The Morgan fingerprint density at radius 2 is 1.82 bits per heavy atom. The summed E-state index contributed by atoms with van der Waals surface area (Å²) >= 11 is 0. The third-order valence-electron chi connectivity index (χ3n) is 5.36. The maximum atomic E-state index is 12.8. The van der Waals surface area contributed by atoms with E-state index in [9.17, 15) is 4.79 Å². The van der Waals surface area contributed by atoms with Crippen LogP contribution in [0.15, 0.2) is 48.5 Å². The molecule has 2 aromatic rings. The van der Waals surface area contributed by atoms with Crippen molar-refractivity contribution in [1.29, 1.82) is 0 Å². The number of likely N-dealkylation sites (tertiary alicyclic amines) is 1. The van der Waals surface area contributed by atoms with E-state index in [1.165, 1.54) is 5.56 Å². The second-order valence-electron chi connectivity index (χ2n) is 7.16. The van der Waals surface area contributed by atoms with Crippen LogP contribution in [0, 0.1) is 0 Å². The number of halogens is 1. The number of anilines is 1. The van der Waals surface area contributed by atoms with Crippen molar-refractivity contribution in [1.82, 2.24) is 4.90 Å². The number of nitrogens with one attached hydrogen (secondary N) is 1. The quantitative estimate of drug-likeness (QED) is 0.820. The van der Waals surface area contributed by atoms with E-state index in [-0.39, 0.29) is 36.3 Å². The van der Waals surface area contributed by atoms with Gasteiger partial charge in [-0.15, -0.1) is 12.4 Å². The van der Waals surface area contributed by atoms with Crippen LogP contribution >= 0.6 is 12.4 Å². The third kappa shape index (κ3) is 4.24. The van der Waals surface area contributed by atoms with Gasteiger partial charge in [0.25, 0.3) is 0 Å². The van der Waals surface area contributed by atoms with Crippen molar-refractivity contribution in [3.05, 3.63) is 54.1 Å². The smallest absolute Gasteiger partial charge is 0.241 e. The molecule has 1 saturated heterocycles. The zero-order chi connectivity index (χ0) is 18.8. The normalized spacial score (nSPS) is 22.2. The van der Waals surface area contributed by atoms with Gasteiger partial charge in [-0.25, -0.2) is 0 Å². The molecule has 0 saturated carbocycles. The van der Waals surface area contributed by atoms with Crippen molar-refractivity contribution in [3.63, 3.8) is 0 Å². The van der Waals surface area contributed by atoms with Crippen molar-refractivity contribution >= 4 is 24.0 Å². The summed E-state index contributed by atoms with van der Waals surface area (Å²) in [6.07, 6.45) is 0. The predicted octanol–water partition coefficient (Wildman–Crippen LogP) is 2.63. The number of benzene rings is 2. The highest BCUT2D eigenvalue weighted by molar-refractivity contribution is 5.94. The summed E-state index contributed by atoms with van der Waals surface area (Å²) in [5, 5.41) is 2.98. The van der Waals surface area contributed by atoms with Gasteiger partial charge in [-0.1, -0.05) is 30.3 Å². The van der Waals surface area contributed by atoms with Gasteiger partial charge in [-0.2, -0.15) is 0 Å². The molecule has 0 aliphatic carbocycles. The molecular weight excluding hydrogens is 378 g/mol. The topological polar surface area (TPSA) is 76.8 Å². The van der Waals surface area contributed by atoms with Gasteiger partial charge < -0.3 is 20.5 Å². The number of nitrogens with zero attached hydrogens (tertiary/aromatic N) is 1. The molecule has 2 aliphatic heterocycles. The number of hydrogen-bond donors (Lipinski definition) is 2. The first kappa shape index (κ1) is 20.5. The first-order valence-corrected chi connectivity index (χ1v) is 9.37. The first-order valence-electron chi connectivity index (χ1n) is 9.37. The average molecular weight is 404 g/mol. The lowest BCUT2D eigenvalue weighted by Gasteiger charge is -2.24. The van der Waals surface area contributed by atoms with Crippen LogP contribution in [0.4, 0.5) is 5.69 Å². The molecule has 4 rings (SSSR count). The lowest BCUT2D eigenvalue weighted by atomic mass is 9.95. The van der Waals surface area contributed by atoms with Gasteiger partial charge in [0.05, 0.1) is 6.04 Å². The molecule has 3 N–H and O–H groups in total. The van der Waals surface area contributed by atoms with E-state index < -0.39 is 0 Å². The molecule has 6 nitrogen and oxygen atoms in total. The molecule has 1 fully saturated rings. The van der Waals surface area contributed by atoms with Gasteiger partial charge in [0.1, 0.15) is 13.2 Å². The zero-order valence-corrected chi connectivity index (χ0v) is 16.7. The molecule has 1 unspecified atom stereocenters. The van der Waals surface area contributed by atoms with Gasteiger partial charge in [-0.3, -0.25) is 9.69 Å². The molecule has 3 atom stereocenters.